The summed E-state index contributed by atoms with van der Waals surface area (Å²) in [4.78, 5) is 9.71. The van der Waals surface area contributed by atoms with Crippen LogP contribution in [0.4, 0.5) is 4.39 Å². The van der Waals surface area contributed by atoms with Crippen molar-refractivity contribution in [3.63, 3.8) is 0 Å². The minimum atomic E-state index is -2.54. The lowest BCUT2D eigenvalue weighted by atomic mass is 10.0. The zero-order valence-electron chi connectivity index (χ0n) is 8.60. The zero-order chi connectivity index (χ0) is 12.0. The van der Waals surface area contributed by atoms with Gasteiger partial charge in [-0.15, -0.1) is 0 Å². The van der Waals surface area contributed by atoms with Gasteiger partial charge >= 0.3 is 5.79 Å². The first kappa shape index (κ1) is 12.1. The predicted molar refractivity (Wildman–Crippen MR) is 55.8 cm³/mol. The summed E-state index contributed by atoms with van der Waals surface area (Å²) in [6.07, 6.45) is -0.849. The molecule has 16 heavy (non-hydrogen) atoms. The van der Waals surface area contributed by atoms with Crippen molar-refractivity contribution in [3.8, 4) is 6.07 Å². The van der Waals surface area contributed by atoms with Crippen molar-refractivity contribution in [2.45, 2.75) is 25.1 Å². The van der Waals surface area contributed by atoms with Crippen LogP contribution in [0, 0.1) is 21.4 Å². The molecule has 0 heterocycles. The highest BCUT2D eigenvalue weighted by Crippen LogP contribution is 2.24. The van der Waals surface area contributed by atoms with Gasteiger partial charge in [0.05, 0.1) is 23.8 Å². The van der Waals surface area contributed by atoms with Gasteiger partial charge in [-0.05, 0) is 5.56 Å². The number of hydrogen-bond donors (Lipinski definition) is 0. The summed E-state index contributed by atoms with van der Waals surface area (Å²) in [6.45, 7) is 0. The van der Waals surface area contributed by atoms with Gasteiger partial charge in [-0.25, -0.2) is 0 Å². The average Bonchev–Trinajstić information content (AvgIpc) is 2.27. The molecule has 1 atom stereocenters. The van der Waals surface area contributed by atoms with Crippen LogP contribution in [0.1, 0.15) is 18.4 Å². The summed E-state index contributed by atoms with van der Waals surface area (Å²) < 4.78 is 13.9. The highest BCUT2D eigenvalue weighted by atomic mass is 19.1. The van der Waals surface area contributed by atoms with Gasteiger partial charge in [-0.2, -0.15) is 9.65 Å². The molecule has 0 N–H and O–H groups in total. The number of alkyl halides is 1. The zero-order valence-corrected chi connectivity index (χ0v) is 8.60. The van der Waals surface area contributed by atoms with Gasteiger partial charge in [0.15, 0.2) is 0 Å². The normalized spacial score (nSPS) is 13.8. The minimum Gasteiger partial charge on any atom is -0.261 e. The molecule has 0 spiro atoms. The lowest BCUT2D eigenvalue weighted by Crippen LogP contribution is -2.35. The molecule has 0 saturated heterocycles. The van der Waals surface area contributed by atoms with Crippen LogP contribution in [0.15, 0.2) is 30.3 Å². The van der Waals surface area contributed by atoms with Crippen LogP contribution in [0.2, 0.25) is 0 Å². The maximum absolute atomic E-state index is 13.9. The van der Waals surface area contributed by atoms with Gasteiger partial charge < -0.3 is 0 Å². The number of nitro groups is 1. The molecule has 84 valence electrons. The first-order chi connectivity index (χ1) is 7.58. The molecule has 4 nitrogen and oxygen atoms in total. The fraction of sp³-hybridized carbons (Fsp3) is 0.364. The van der Waals surface area contributed by atoms with Crippen molar-refractivity contribution in [1.29, 1.82) is 5.26 Å². The van der Waals surface area contributed by atoms with E-state index in [1.807, 2.05) is 0 Å². The van der Waals surface area contributed by atoms with Crippen LogP contribution in [0.5, 0.6) is 0 Å². The van der Waals surface area contributed by atoms with Crippen LogP contribution in [0.3, 0.4) is 0 Å². The molecule has 0 aliphatic rings. The molecule has 1 unspecified atom stereocenters. The Hall–Kier alpha value is -1.96. The fourth-order valence-corrected chi connectivity index (χ4v) is 1.40. The molecule has 5 heteroatoms. The molecule has 0 amide bonds. The third-order valence-corrected chi connectivity index (χ3v) is 2.26. The molecule has 0 bridgehead atoms. The summed E-state index contributed by atoms with van der Waals surface area (Å²) in [7, 11) is 0. The number of hydrogen-bond acceptors (Lipinski definition) is 3. The Balaban J connectivity index is 2.80. The molecule has 1 aromatic carbocycles. The van der Waals surface area contributed by atoms with Crippen molar-refractivity contribution in [2.24, 2.45) is 0 Å². The predicted octanol–water partition coefficient (Wildman–Crippen LogP) is 2.48. The highest BCUT2D eigenvalue weighted by molar-refractivity contribution is 5.16. The summed E-state index contributed by atoms with van der Waals surface area (Å²) in [5.74, 6) is -2.54. The number of benzene rings is 1. The van der Waals surface area contributed by atoms with E-state index in [2.05, 4.69) is 0 Å². The number of halogens is 1. The van der Waals surface area contributed by atoms with Gasteiger partial charge in [0.25, 0.3) is 0 Å². The van der Waals surface area contributed by atoms with E-state index in [4.69, 9.17) is 5.26 Å². The topological polar surface area (TPSA) is 66.9 Å². The Morgan fingerprint density at radius 3 is 2.56 bits per heavy atom. The van der Waals surface area contributed by atoms with E-state index in [0.29, 0.717) is 5.56 Å². The quantitative estimate of drug-likeness (QED) is 0.436. The Bertz CT molecular complexity index is 402. The van der Waals surface area contributed by atoms with Gasteiger partial charge in [0.2, 0.25) is 0 Å². The summed E-state index contributed by atoms with van der Waals surface area (Å²) >= 11 is 0. The van der Waals surface area contributed by atoms with E-state index in [1.54, 1.807) is 36.4 Å². The molecule has 0 aliphatic heterocycles. The van der Waals surface area contributed by atoms with E-state index >= 15 is 0 Å². The molecular weight excluding hydrogens is 211 g/mol. The highest BCUT2D eigenvalue weighted by Gasteiger charge is 2.42. The SMILES string of the molecule is N#CCCC(F)(Cc1ccccc1)[N+](=O)[O-]. The van der Waals surface area contributed by atoms with Crippen LogP contribution in [0.25, 0.3) is 0 Å². The van der Waals surface area contributed by atoms with Gasteiger partial charge in [-0.3, -0.25) is 10.1 Å². The second kappa shape index (κ2) is 5.21. The fourth-order valence-electron chi connectivity index (χ4n) is 1.40. The van der Waals surface area contributed by atoms with E-state index in [9.17, 15) is 14.5 Å². The molecule has 0 aromatic heterocycles. The number of nitrogens with zero attached hydrogens (tertiary/aromatic N) is 2. The first-order valence-corrected chi connectivity index (χ1v) is 4.83. The van der Waals surface area contributed by atoms with Gasteiger partial charge in [0.1, 0.15) is 0 Å². The molecule has 0 aliphatic carbocycles. The van der Waals surface area contributed by atoms with Gasteiger partial charge in [0, 0.05) is 6.42 Å². The Morgan fingerprint density at radius 2 is 2.06 bits per heavy atom. The third-order valence-electron chi connectivity index (χ3n) is 2.26. The summed E-state index contributed by atoms with van der Waals surface area (Å²) in [5, 5.41) is 19.0. The number of nitriles is 1. The van der Waals surface area contributed by atoms with Crippen molar-refractivity contribution < 1.29 is 9.31 Å². The van der Waals surface area contributed by atoms with Crippen LogP contribution in [-0.4, -0.2) is 10.7 Å². The Kier molecular flexibility index (Phi) is 3.95. The van der Waals surface area contributed by atoms with E-state index in [0.717, 1.165) is 0 Å². The molecule has 0 fully saturated rings. The van der Waals surface area contributed by atoms with Crippen molar-refractivity contribution in [3.05, 3.63) is 46.0 Å². The van der Waals surface area contributed by atoms with Crippen molar-refractivity contribution in [2.75, 3.05) is 0 Å². The summed E-state index contributed by atoms with van der Waals surface area (Å²) in [5.41, 5.74) is 0.555. The van der Waals surface area contributed by atoms with E-state index < -0.39 is 10.7 Å². The molecule has 0 saturated carbocycles. The first-order valence-electron chi connectivity index (χ1n) is 4.83. The smallest absolute Gasteiger partial charge is 0.261 e. The Morgan fingerprint density at radius 1 is 1.44 bits per heavy atom. The van der Waals surface area contributed by atoms with Crippen molar-refractivity contribution >= 4 is 0 Å². The maximum Gasteiger partial charge on any atom is 0.363 e. The minimum absolute atomic E-state index is 0.162. The standard InChI is InChI=1S/C11H11FN2O2/c12-11(14(15)16,7-4-8-13)9-10-5-2-1-3-6-10/h1-3,5-6H,4,7,9H2. The largest absolute Gasteiger partial charge is 0.363 e. The van der Waals surface area contributed by atoms with Gasteiger partial charge in [-0.1, -0.05) is 30.3 Å². The molecule has 0 radical (unpaired) electrons. The summed E-state index contributed by atoms with van der Waals surface area (Å²) in [6, 6.07) is 10.1. The molecular formula is C11H11FN2O2. The molecule has 1 rings (SSSR count). The van der Waals surface area contributed by atoms with Crippen LogP contribution in [-0.2, 0) is 6.42 Å². The lowest BCUT2D eigenvalue weighted by Gasteiger charge is -2.15. The van der Waals surface area contributed by atoms with Crippen LogP contribution < -0.4 is 0 Å². The maximum atomic E-state index is 13.9. The third kappa shape index (κ3) is 3.02. The second-order valence-electron chi connectivity index (χ2n) is 3.50. The Labute approximate surface area is 92.5 Å². The monoisotopic (exact) mass is 222 g/mol. The molecule has 1 aromatic rings. The lowest BCUT2D eigenvalue weighted by molar-refractivity contribution is -0.606. The number of rotatable bonds is 5. The van der Waals surface area contributed by atoms with Crippen molar-refractivity contribution in [1.82, 2.24) is 0 Å². The average molecular weight is 222 g/mol. The van der Waals surface area contributed by atoms with Crippen LogP contribution >= 0.6 is 0 Å². The second-order valence-corrected chi connectivity index (χ2v) is 3.50. The van der Waals surface area contributed by atoms with E-state index in [1.165, 1.54) is 0 Å². The van der Waals surface area contributed by atoms with E-state index in [-0.39, 0.29) is 19.3 Å².